The number of anilines is 1. The highest BCUT2D eigenvalue weighted by atomic mass is 16.5. The van der Waals surface area contributed by atoms with Crippen LogP contribution in [0.1, 0.15) is 5.56 Å². The van der Waals surface area contributed by atoms with Crippen LogP contribution in [0.2, 0.25) is 0 Å². The largest absolute Gasteiger partial charge is 0.481 e. The van der Waals surface area contributed by atoms with Crippen LogP contribution < -0.4 is 10.1 Å². The van der Waals surface area contributed by atoms with E-state index >= 15 is 0 Å². The third kappa shape index (κ3) is 2.52. The number of methoxy groups -OCH3 is 1. The molecule has 4 heteroatoms. The minimum Gasteiger partial charge on any atom is -0.481 e. The van der Waals surface area contributed by atoms with Gasteiger partial charge in [0.05, 0.1) is 19.0 Å². The molecule has 19 heavy (non-hydrogen) atoms. The smallest absolute Gasteiger partial charge is 0.213 e. The van der Waals surface area contributed by atoms with Gasteiger partial charge in [0.25, 0.3) is 0 Å². The summed E-state index contributed by atoms with van der Waals surface area (Å²) in [5.41, 5.74) is 3.38. The number of benzene rings is 1. The molecule has 0 unspecified atom stereocenters. The highest BCUT2D eigenvalue weighted by Crippen LogP contribution is 2.16. The van der Waals surface area contributed by atoms with Gasteiger partial charge >= 0.3 is 0 Å². The van der Waals surface area contributed by atoms with Crippen LogP contribution >= 0.6 is 0 Å². The first-order valence-electron chi connectivity index (χ1n) is 6.15. The fourth-order valence-corrected chi connectivity index (χ4v) is 2.02. The Bertz CT molecular complexity index is 673. The summed E-state index contributed by atoms with van der Waals surface area (Å²) in [5, 5.41) is 4.57. The first-order chi connectivity index (χ1) is 9.35. The van der Waals surface area contributed by atoms with E-state index in [4.69, 9.17) is 4.74 Å². The molecule has 2 N–H and O–H groups in total. The molecule has 96 valence electrons. The molecule has 3 rings (SSSR count). The number of aromatic nitrogens is 2. The molecule has 0 aliphatic carbocycles. The van der Waals surface area contributed by atoms with Gasteiger partial charge in [-0.25, -0.2) is 4.98 Å². The number of nitrogens with zero attached hydrogens (tertiary/aromatic N) is 1. The minimum absolute atomic E-state index is 0.624. The standard InChI is InChI=1S/C15H15N3O/c1-19-15-5-3-13(10-18-15)17-9-11-2-4-14-12(8-11)6-7-16-14/h2-8,10,16-17H,9H2,1H3. The van der Waals surface area contributed by atoms with Crippen LogP contribution in [-0.2, 0) is 6.54 Å². The van der Waals surface area contributed by atoms with E-state index in [0.717, 1.165) is 17.7 Å². The lowest BCUT2D eigenvalue weighted by atomic mass is 10.1. The van der Waals surface area contributed by atoms with Crippen LogP contribution in [0.3, 0.4) is 0 Å². The summed E-state index contributed by atoms with van der Waals surface area (Å²) in [7, 11) is 1.61. The molecule has 0 saturated carbocycles. The average Bonchev–Trinajstić information content (AvgIpc) is 2.93. The lowest BCUT2D eigenvalue weighted by Crippen LogP contribution is -1.99. The van der Waals surface area contributed by atoms with E-state index in [1.165, 1.54) is 10.9 Å². The second kappa shape index (κ2) is 5.02. The fourth-order valence-electron chi connectivity index (χ4n) is 2.02. The normalized spacial score (nSPS) is 10.6. The van der Waals surface area contributed by atoms with Crippen molar-refractivity contribution in [3.63, 3.8) is 0 Å². The van der Waals surface area contributed by atoms with Crippen molar-refractivity contribution in [3.05, 3.63) is 54.4 Å². The van der Waals surface area contributed by atoms with Crippen LogP contribution in [0.15, 0.2) is 48.8 Å². The Hall–Kier alpha value is -2.49. The molecule has 2 heterocycles. The van der Waals surface area contributed by atoms with E-state index in [-0.39, 0.29) is 0 Å². The maximum Gasteiger partial charge on any atom is 0.213 e. The predicted octanol–water partition coefficient (Wildman–Crippen LogP) is 3.18. The quantitative estimate of drug-likeness (QED) is 0.750. The SMILES string of the molecule is COc1ccc(NCc2ccc3[nH]ccc3c2)cn1. The summed E-state index contributed by atoms with van der Waals surface area (Å²) in [6.07, 6.45) is 3.73. The topological polar surface area (TPSA) is 49.9 Å². The number of fused-ring (bicyclic) bond motifs is 1. The minimum atomic E-state index is 0.624. The summed E-state index contributed by atoms with van der Waals surface area (Å²) in [6, 6.07) is 12.3. The first-order valence-corrected chi connectivity index (χ1v) is 6.15. The molecule has 0 fully saturated rings. The van der Waals surface area contributed by atoms with Crippen LogP contribution in [-0.4, -0.2) is 17.1 Å². The van der Waals surface area contributed by atoms with Gasteiger partial charge in [-0.2, -0.15) is 0 Å². The molecule has 0 aliphatic heterocycles. The van der Waals surface area contributed by atoms with E-state index in [0.29, 0.717) is 5.88 Å². The Morgan fingerprint density at radius 1 is 1.21 bits per heavy atom. The Kier molecular flexibility index (Phi) is 3.06. The van der Waals surface area contributed by atoms with E-state index < -0.39 is 0 Å². The summed E-state index contributed by atoms with van der Waals surface area (Å²) >= 11 is 0. The van der Waals surface area contributed by atoms with Gasteiger partial charge in [-0.3, -0.25) is 0 Å². The molecule has 0 bridgehead atoms. The third-order valence-electron chi connectivity index (χ3n) is 3.06. The van der Waals surface area contributed by atoms with Gasteiger partial charge in [0.15, 0.2) is 0 Å². The van der Waals surface area contributed by atoms with Crippen molar-refractivity contribution in [1.82, 2.24) is 9.97 Å². The number of pyridine rings is 1. The third-order valence-corrected chi connectivity index (χ3v) is 3.06. The Balaban J connectivity index is 1.70. The maximum absolute atomic E-state index is 5.03. The molecule has 4 nitrogen and oxygen atoms in total. The highest BCUT2D eigenvalue weighted by Gasteiger charge is 1.99. The number of aromatic amines is 1. The van der Waals surface area contributed by atoms with Crippen molar-refractivity contribution < 1.29 is 4.74 Å². The Labute approximate surface area is 111 Å². The van der Waals surface area contributed by atoms with E-state index in [9.17, 15) is 0 Å². The highest BCUT2D eigenvalue weighted by molar-refractivity contribution is 5.79. The zero-order valence-electron chi connectivity index (χ0n) is 10.7. The molecule has 3 aromatic rings. The average molecular weight is 253 g/mol. The molecule has 2 aromatic heterocycles. The van der Waals surface area contributed by atoms with Crippen LogP contribution in [0, 0.1) is 0 Å². The number of nitrogens with one attached hydrogen (secondary N) is 2. The van der Waals surface area contributed by atoms with Crippen molar-refractivity contribution in [1.29, 1.82) is 0 Å². The van der Waals surface area contributed by atoms with Crippen molar-refractivity contribution in [2.24, 2.45) is 0 Å². The number of ether oxygens (including phenoxy) is 1. The molecule has 0 radical (unpaired) electrons. The van der Waals surface area contributed by atoms with Crippen LogP contribution in [0.25, 0.3) is 10.9 Å². The summed E-state index contributed by atoms with van der Waals surface area (Å²) in [4.78, 5) is 7.35. The number of hydrogen-bond acceptors (Lipinski definition) is 3. The van der Waals surface area contributed by atoms with Crippen LogP contribution in [0.4, 0.5) is 5.69 Å². The van der Waals surface area contributed by atoms with Gasteiger partial charge in [0, 0.05) is 24.3 Å². The zero-order valence-corrected chi connectivity index (χ0v) is 10.7. The van der Waals surface area contributed by atoms with Crippen LogP contribution in [0.5, 0.6) is 5.88 Å². The number of hydrogen-bond donors (Lipinski definition) is 2. The molecular formula is C15H15N3O. The molecule has 0 spiro atoms. The number of H-pyrrole nitrogens is 1. The van der Waals surface area contributed by atoms with Crippen molar-refractivity contribution in [3.8, 4) is 5.88 Å². The molecule has 0 amide bonds. The van der Waals surface area contributed by atoms with E-state index in [1.807, 2.05) is 18.3 Å². The second-order valence-corrected chi connectivity index (χ2v) is 4.34. The first kappa shape index (κ1) is 11.6. The van der Waals surface area contributed by atoms with Crippen molar-refractivity contribution in [2.75, 3.05) is 12.4 Å². The Morgan fingerprint density at radius 3 is 2.95 bits per heavy atom. The van der Waals surface area contributed by atoms with Gasteiger partial charge in [-0.1, -0.05) is 6.07 Å². The number of rotatable bonds is 4. The summed E-state index contributed by atoms with van der Waals surface area (Å²) in [6.45, 7) is 0.773. The predicted molar refractivity (Wildman–Crippen MR) is 76.4 cm³/mol. The van der Waals surface area contributed by atoms with Gasteiger partial charge < -0.3 is 15.0 Å². The zero-order chi connectivity index (χ0) is 13.1. The molecular weight excluding hydrogens is 238 g/mol. The lowest BCUT2D eigenvalue weighted by Gasteiger charge is -2.07. The molecule has 0 saturated heterocycles. The van der Waals surface area contributed by atoms with E-state index in [1.54, 1.807) is 13.3 Å². The Morgan fingerprint density at radius 2 is 2.16 bits per heavy atom. The monoisotopic (exact) mass is 253 g/mol. The molecule has 0 atom stereocenters. The van der Waals surface area contributed by atoms with Gasteiger partial charge in [-0.15, -0.1) is 0 Å². The van der Waals surface area contributed by atoms with Gasteiger partial charge in [0.1, 0.15) is 0 Å². The maximum atomic E-state index is 5.03. The van der Waals surface area contributed by atoms with Gasteiger partial charge in [0.2, 0.25) is 5.88 Å². The second-order valence-electron chi connectivity index (χ2n) is 4.34. The summed E-state index contributed by atoms with van der Waals surface area (Å²) < 4.78 is 5.03. The van der Waals surface area contributed by atoms with Gasteiger partial charge in [-0.05, 0) is 35.2 Å². The lowest BCUT2D eigenvalue weighted by molar-refractivity contribution is 0.398. The molecule has 0 aliphatic rings. The fraction of sp³-hybridized carbons (Fsp3) is 0.133. The van der Waals surface area contributed by atoms with Crippen molar-refractivity contribution >= 4 is 16.6 Å². The van der Waals surface area contributed by atoms with Crippen molar-refractivity contribution in [2.45, 2.75) is 6.54 Å². The summed E-state index contributed by atoms with van der Waals surface area (Å²) in [5.74, 6) is 0.624. The molecule has 1 aromatic carbocycles. The van der Waals surface area contributed by atoms with E-state index in [2.05, 4.69) is 39.6 Å².